The van der Waals surface area contributed by atoms with Crippen LogP contribution in [0.25, 0.3) is 0 Å². The molecule has 0 unspecified atom stereocenters. The minimum absolute atomic E-state index is 0.0295. The molecule has 0 aliphatic rings. The van der Waals surface area contributed by atoms with Crippen molar-refractivity contribution in [2.45, 2.75) is 25.7 Å². The summed E-state index contributed by atoms with van der Waals surface area (Å²) in [4.78, 5) is -0.0295. The van der Waals surface area contributed by atoms with Gasteiger partial charge in [0.2, 0.25) is 10.0 Å². The van der Waals surface area contributed by atoms with Gasteiger partial charge in [0.15, 0.2) is 0 Å². The zero-order valence-electron chi connectivity index (χ0n) is 11.4. The molecule has 0 fully saturated rings. The lowest BCUT2D eigenvalue weighted by Crippen LogP contribution is -2.34. The topological polar surface area (TPSA) is 63.4 Å². The zero-order valence-corrected chi connectivity index (χ0v) is 13.8. The number of sulfonamides is 1. The number of benzene rings is 1. The van der Waals surface area contributed by atoms with E-state index in [-0.39, 0.29) is 20.5 Å². The minimum Gasteiger partial charge on any atom is -0.396 e. The number of halogens is 2. The van der Waals surface area contributed by atoms with Crippen LogP contribution in [0.4, 0.5) is 10.1 Å². The predicted molar refractivity (Wildman–Crippen MR) is 77.8 cm³/mol. The summed E-state index contributed by atoms with van der Waals surface area (Å²) in [6.07, 6.45) is 0. The van der Waals surface area contributed by atoms with E-state index in [0.29, 0.717) is 6.54 Å². The normalized spacial score (nSPS) is 13.0. The molecule has 108 valence electrons. The third-order valence-corrected chi connectivity index (χ3v) is 5.20. The van der Waals surface area contributed by atoms with Gasteiger partial charge >= 0.3 is 0 Å². The second-order valence-electron chi connectivity index (χ2n) is 5.63. The van der Waals surface area contributed by atoms with Crippen molar-refractivity contribution >= 4 is 31.6 Å². The summed E-state index contributed by atoms with van der Waals surface area (Å²) in [5, 5.41) is 0. The second-order valence-corrected chi connectivity index (χ2v) is 8.49. The van der Waals surface area contributed by atoms with Crippen molar-refractivity contribution in [3.63, 3.8) is 0 Å². The lowest BCUT2D eigenvalue weighted by Gasteiger charge is -2.26. The van der Waals surface area contributed by atoms with Crippen LogP contribution in [-0.2, 0) is 10.0 Å². The SMILES string of the molecule is CN(CC(C)(C)C)S(=O)(=O)c1cc(N)c(F)cc1Br. The van der Waals surface area contributed by atoms with Crippen LogP contribution >= 0.6 is 15.9 Å². The smallest absolute Gasteiger partial charge is 0.244 e. The first-order valence-corrected chi connectivity index (χ1v) is 7.89. The van der Waals surface area contributed by atoms with E-state index in [4.69, 9.17) is 5.73 Å². The summed E-state index contributed by atoms with van der Waals surface area (Å²) < 4.78 is 39.5. The van der Waals surface area contributed by atoms with Crippen molar-refractivity contribution in [2.75, 3.05) is 19.3 Å². The standard InChI is InChI=1S/C12H18BrFN2O2S/c1-12(2,3)7-16(4)19(17,18)11-6-10(15)9(14)5-8(11)13/h5-6H,7,15H2,1-4H3. The molecule has 2 N–H and O–H groups in total. The van der Waals surface area contributed by atoms with Crippen LogP contribution in [0, 0.1) is 11.2 Å². The van der Waals surface area contributed by atoms with Crippen LogP contribution in [0.3, 0.4) is 0 Å². The first-order chi connectivity index (χ1) is 8.45. The Bertz CT molecular complexity index is 582. The number of nitrogen functional groups attached to an aromatic ring is 1. The fraction of sp³-hybridized carbons (Fsp3) is 0.500. The van der Waals surface area contributed by atoms with E-state index in [1.165, 1.54) is 11.4 Å². The summed E-state index contributed by atoms with van der Waals surface area (Å²) in [7, 11) is -2.21. The number of nitrogens with zero attached hydrogens (tertiary/aromatic N) is 1. The molecule has 0 saturated heterocycles. The Morgan fingerprint density at radius 1 is 1.37 bits per heavy atom. The van der Waals surface area contributed by atoms with E-state index in [9.17, 15) is 12.8 Å². The molecule has 4 nitrogen and oxygen atoms in total. The molecule has 1 rings (SSSR count). The van der Waals surface area contributed by atoms with E-state index in [2.05, 4.69) is 15.9 Å². The van der Waals surface area contributed by atoms with Crippen LogP contribution < -0.4 is 5.73 Å². The Labute approximate surface area is 122 Å². The van der Waals surface area contributed by atoms with E-state index in [1.54, 1.807) is 0 Å². The second kappa shape index (κ2) is 5.38. The molecular weight excluding hydrogens is 335 g/mol. The van der Waals surface area contributed by atoms with Gasteiger partial charge in [-0.2, -0.15) is 0 Å². The van der Waals surface area contributed by atoms with E-state index < -0.39 is 15.8 Å². The highest BCUT2D eigenvalue weighted by atomic mass is 79.9. The lowest BCUT2D eigenvalue weighted by atomic mass is 9.97. The maximum absolute atomic E-state index is 13.3. The third-order valence-electron chi connectivity index (χ3n) is 2.44. The summed E-state index contributed by atoms with van der Waals surface area (Å²) in [6, 6.07) is 2.20. The number of rotatable bonds is 3. The minimum atomic E-state index is -3.70. The average molecular weight is 353 g/mol. The molecule has 0 aliphatic carbocycles. The van der Waals surface area contributed by atoms with E-state index >= 15 is 0 Å². The summed E-state index contributed by atoms with van der Waals surface area (Å²) in [5.74, 6) is -0.649. The molecule has 0 aromatic heterocycles. The Balaban J connectivity index is 3.25. The summed E-state index contributed by atoms with van der Waals surface area (Å²) in [5.41, 5.74) is 5.07. The van der Waals surface area contributed by atoms with Crippen LogP contribution in [-0.4, -0.2) is 26.3 Å². The van der Waals surface area contributed by atoms with Crippen molar-refractivity contribution in [1.29, 1.82) is 0 Å². The number of anilines is 1. The fourth-order valence-corrected chi connectivity index (χ4v) is 4.07. The Morgan fingerprint density at radius 2 is 1.89 bits per heavy atom. The van der Waals surface area contributed by atoms with Gasteiger partial charge in [-0.1, -0.05) is 20.8 Å². The van der Waals surface area contributed by atoms with Gasteiger partial charge in [-0.05, 0) is 33.5 Å². The third kappa shape index (κ3) is 3.90. The van der Waals surface area contributed by atoms with Crippen molar-refractivity contribution in [3.8, 4) is 0 Å². The van der Waals surface area contributed by atoms with Gasteiger partial charge in [0.25, 0.3) is 0 Å². The maximum atomic E-state index is 13.3. The molecule has 0 atom stereocenters. The van der Waals surface area contributed by atoms with Gasteiger partial charge in [-0.15, -0.1) is 0 Å². The van der Waals surface area contributed by atoms with Crippen LogP contribution in [0.2, 0.25) is 0 Å². The highest BCUT2D eigenvalue weighted by Crippen LogP contribution is 2.29. The van der Waals surface area contributed by atoms with Crippen molar-refractivity contribution in [1.82, 2.24) is 4.31 Å². The quantitative estimate of drug-likeness (QED) is 0.850. The highest BCUT2D eigenvalue weighted by Gasteiger charge is 2.27. The van der Waals surface area contributed by atoms with Crippen LogP contribution in [0.1, 0.15) is 20.8 Å². The van der Waals surface area contributed by atoms with E-state index in [0.717, 1.165) is 12.1 Å². The molecule has 0 saturated carbocycles. The monoisotopic (exact) mass is 352 g/mol. The lowest BCUT2D eigenvalue weighted by molar-refractivity contribution is 0.310. The van der Waals surface area contributed by atoms with E-state index in [1.807, 2.05) is 20.8 Å². The van der Waals surface area contributed by atoms with Gasteiger partial charge in [0.05, 0.1) is 10.6 Å². The Morgan fingerprint density at radius 3 is 2.37 bits per heavy atom. The van der Waals surface area contributed by atoms with Gasteiger partial charge in [0.1, 0.15) is 5.82 Å². The van der Waals surface area contributed by atoms with Gasteiger partial charge < -0.3 is 5.73 Å². The summed E-state index contributed by atoms with van der Waals surface area (Å²) in [6.45, 7) is 6.16. The largest absolute Gasteiger partial charge is 0.396 e. The zero-order chi connectivity index (χ0) is 15.0. The van der Waals surface area contributed by atoms with Gasteiger partial charge in [0, 0.05) is 18.1 Å². The molecule has 1 aromatic rings. The first kappa shape index (κ1) is 16.4. The van der Waals surface area contributed by atoms with Crippen molar-refractivity contribution in [2.24, 2.45) is 5.41 Å². The highest BCUT2D eigenvalue weighted by molar-refractivity contribution is 9.10. The Hall–Kier alpha value is -0.660. The molecule has 0 radical (unpaired) electrons. The molecule has 0 bridgehead atoms. The molecular formula is C12H18BrFN2O2S. The molecule has 0 aliphatic heterocycles. The molecule has 0 amide bonds. The number of nitrogens with two attached hydrogens (primary N) is 1. The average Bonchev–Trinajstić information content (AvgIpc) is 2.20. The van der Waals surface area contributed by atoms with Crippen LogP contribution in [0.5, 0.6) is 0 Å². The molecule has 7 heteroatoms. The van der Waals surface area contributed by atoms with Crippen molar-refractivity contribution < 1.29 is 12.8 Å². The maximum Gasteiger partial charge on any atom is 0.244 e. The Kier molecular flexibility index (Phi) is 4.64. The van der Waals surface area contributed by atoms with Gasteiger partial charge in [-0.3, -0.25) is 0 Å². The molecule has 0 spiro atoms. The summed E-state index contributed by atoms with van der Waals surface area (Å²) >= 11 is 3.06. The number of hydrogen-bond acceptors (Lipinski definition) is 3. The van der Waals surface area contributed by atoms with Gasteiger partial charge in [-0.25, -0.2) is 17.1 Å². The molecule has 19 heavy (non-hydrogen) atoms. The first-order valence-electron chi connectivity index (χ1n) is 5.66. The number of hydrogen-bond donors (Lipinski definition) is 1. The van der Waals surface area contributed by atoms with Crippen LogP contribution in [0.15, 0.2) is 21.5 Å². The predicted octanol–water partition coefficient (Wildman–Crippen LogP) is 2.84. The fourth-order valence-electron chi connectivity index (χ4n) is 1.66. The molecule has 1 aromatic carbocycles. The molecule has 0 heterocycles. The van der Waals surface area contributed by atoms with Crippen molar-refractivity contribution in [3.05, 3.63) is 22.4 Å².